The average Bonchev–Trinajstić information content (AvgIpc) is 3.31. The number of carbonyl (C=O) groups excluding carboxylic acids is 3. The number of benzene rings is 2. The first kappa shape index (κ1) is 20.1. The predicted molar refractivity (Wildman–Crippen MR) is 118 cm³/mol. The average molecular weight is 405 g/mol. The smallest absolute Gasteiger partial charge is 0.229 e. The molecule has 2 aromatic rings. The van der Waals surface area contributed by atoms with Gasteiger partial charge in [-0.05, 0) is 47.7 Å². The minimum absolute atomic E-state index is 0.0252. The van der Waals surface area contributed by atoms with Gasteiger partial charge < -0.3 is 15.1 Å². The lowest BCUT2D eigenvalue weighted by atomic mass is 10.0. The second-order valence-electron chi connectivity index (χ2n) is 8.37. The topological polar surface area (TPSA) is 69.7 Å². The standard InChI is InChI=1S/C24H27N3O3/c1-15(2)20-6-4-5-7-21(20)25-24(30)18-13-23(29)27(14-18)19-8-9-22-17(12-19)10-11-26(22)16(3)28/h4-9,12,15,18H,10-11,13-14H2,1-3H3,(H,25,30). The van der Waals surface area contributed by atoms with Crippen LogP contribution in [0.4, 0.5) is 17.1 Å². The Morgan fingerprint density at radius 1 is 1.13 bits per heavy atom. The zero-order valence-electron chi connectivity index (χ0n) is 17.6. The first-order chi connectivity index (χ1) is 14.3. The fourth-order valence-electron chi connectivity index (χ4n) is 4.36. The molecule has 0 radical (unpaired) electrons. The fraction of sp³-hybridized carbons (Fsp3) is 0.375. The first-order valence-corrected chi connectivity index (χ1v) is 10.5. The van der Waals surface area contributed by atoms with Crippen molar-refractivity contribution < 1.29 is 14.4 Å². The minimum Gasteiger partial charge on any atom is -0.326 e. The molecule has 6 nitrogen and oxygen atoms in total. The number of nitrogens with one attached hydrogen (secondary N) is 1. The molecule has 2 aliphatic rings. The van der Waals surface area contributed by atoms with Gasteiger partial charge in [-0.25, -0.2) is 0 Å². The van der Waals surface area contributed by atoms with E-state index in [1.807, 2.05) is 42.5 Å². The van der Waals surface area contributed by atoms with Crippen molar-refractivity contribution in [3.63, 3.8) is 0 Å². The quantitative estimate of drug-likeness (QED) is 0.843. The van der Waals surface area contributed by atoms with E-state index in [1.54, 1.807) is 16.7 Å². The number of rotatable bonds is 4. The summed E-state index contributed by atoms with van der Waals surface area (Å²) in [5.41, 5.74) is 4.67. The first-order valence-electron chi connectivity index (χ1n) is 10.5. The van der Waals surface area contributed by atoms with E-state index in [0.29, 0.717) is 19.0 Å². The number of carbonyl (C=O) groups is 3. The number of anilines is 3. The van der Waals surface area contributed by atoms with Crippen LogP contribution in [0.15, 0.2) is 42.5 Å². The van der Waals surface area contributed by atoms with Gasteiger partial charge in [-0.1, -0.05) is 32.0 Å². The van der Waals surface area contributed by atoms with Gasteiger partial charge in [-0.15, -0.1) is 0 Å². The lowest BCUT2D eigenvalue weighted by molar-refractivity contribution is -0.122. The Bertz CT molecular complexity index is 1010. The molecule has 4 rings (SSSR count). The molecule has 2 aromatic carbocycles. The number of nitrogens with zero attached hydrogens (tertiary/aromatic N) is 2. The van der Waals surface area contributed by atoms with E-state index in [1.165, 1.54) is 0 Å². The molecule has 0 saturated carbocycles. The van der Waals surface area contributed by atoms with E-state index in [0.717, 1.165) is 34.6 Å². The molecule has 30 heavy (non-hydrogen) atoms. The van der Waals surface area contributed by atoms with Crippen molar-refractivity contribution in [1.82, 2.24) is 0 Å². The molecule has 3 amide bonds. The summed E-state index contributed by atoms with van der Waals surface area (Å²) >= 11 is 0. The predicted octanol–water partition coefficient (Wildman–Crippen LogP) is 3.71. The van der Waals surface area contributed by atoms with Crippen molar-refractivity contribution in [3.05, 3.63) is 53.6 Å². The van der Waals surface area contributed by atoms with E-state index in [2.05, 4.69) is 19.2 Å². The van der Waals surface area contributed by atoms with E-state index < -0.39 is 0 Å². The van der Waals surface area contributed by atoms with Crippen LogP contribution in [0.3, 0.4) is 0 Å². The van der Waals surface area contributed by atoms with Crippen molar-refractivity contribution in [2.75, 3.05) is 28.2 Å². The molecule has 0 aromatic heterocycles. The Hall–Kier alpha value is -3.15. The number of amides is 3. The maximum atomic E-state index is 12.9. The minimum atomic E-state index is -0.389. The van der Waals surface area contributed by atoms with Gasteiger partial charge in [0, 0.05) is 43.5 Å². The second-order valence-corrected chi connectivity index (χ2v) is 8.37. The summed E-state index contributed by atoms with van der Waals surface area (Å²) in [4.78, 5) is 40.8. The summed E-state index contributed by atoms with van der Waals surface area (Å²) in [6.07, 6.45) is 0.979. The highest BCUT2D eigenvalue weighted by Gasteiger charge is 2.36. The molecule has 1 N–H and O–H groups in total. The van der Waals surface area contributed by atoms with Crippen molar-refractivity contribution in [2.45, 2.75) is 39.5 Å². The summed E-state index contributed by atoms with van der Waals surface area (Å²) in [5.74, 6) is -0.238. The Morgan fingerprint density at radius 3 is 2.63 bits per heavy atom. The van der Waals surface area contributed by atoms with Crippen LogP contribution in [0.2, 0.25) is 0 Å². The van der Waals surface area contributed by atoms with Gasteiger partial charge in [0.1, 0.15) is 0 Å². The zero-order valence-corrected chi connectivity index (χ0v) is 17.6. The third-order valence-electron chi connectivity index (χ3n) is 5.99. The molecule has 1 unspecified atom stereocenters. The Kier molecular flexibility index (Phi) is 5.33. The molecule has 1 fully saturated rings. The van der Waals surface area contributed by atoms with Crippen LogP contribution >= 0.6 is 0 Å². The van der Waals surface area contributed by atoms with Crippen LogP contribution in [-0.2, 0) is 20.8 Å². The molecule has 0 spiro atoms. The van der Waals surface area contributed by atoms with Crippen LogP contribution in [0.5, 0.6) is 0 Å². The molecule has 6 heteroatoms. The van der Waals surface area contributed by atoms with Crippen LogP contribution in [-0.4, -0.2) is 30.8 Å². The number of fused-ring (bicyclic) bond motifs is 1. The number of hydrogen-bond donors (Lipinski definition) is 1. The fourth-order valence-corrected chi connectivity index (χ4v) is 4.36. The van der Waals surface area contributed by atoms with E-state index in [4.69, 9.17) is 0 Å². The van der Waals surface area contributed by atoms with Crippen molar-refractivity contribution in [2.24, 2.45) is 5.92 Å². The summed E-state index contributed by atoms with van der Waals surface area (Å²) in [7, 11) is 0. The van der Waals surface area contributed by atoms with Gasteiger partial charge in [-0.2, -0.15) is 0 Å². The monoisotopic (exact) mass is 405 g/mol. The Morgan fingerprint density at radius 2 is 1.90 bits per heavy atom. The van der Waals surface area contributed by atoms with Gasteiger partial charge in [0.25, 0.3) is 0 Å². The summed E-state index contributed by atoms with van der Waals surface area (Å²) in [6, 6.07) is 13.5. The van der Waals surface area contributed by atoms with Gasteiger partial charge in [-0.3, -0.25) is 14.4 Å². The molecule has 2 aliphatic heterocycles. The molecular formula is C24H27N3O3. The van der Waals surface area contributed by atoms with E-state index in [9.17, 15) is 14.4 Å². The number of hydrogen-bond acceptors (Lipinski definition) is 3. The van der Waals surface area contributed by atoms with E-state index in [-0.39, 0.29) is 30.1 Å². The summed E-state index contributed by atoms with van der Waals surface area (Å²) in [5, 5.41) is 3.02. The Balaban J connectivity index is 1.49. The highest BCUT2D eigenvalue weighted by atomic mass is 16.2. The molecule has 0 bridgehead atoms. The molecule has 1 atom stereocenters. The van der Waals surface area contributed by atoms with E-state index >= 15 is 0 Å². The van der Waals surface area contributed by atoms with Crippen LogP contribution in [0.25, 0.3) is 0 Å². The van der Waals surface area contributed by atoms with Crippen LogP contribution in [0.1, 0.15) is 44.2 Å². The number of para-hydroxylation sites is 1. The van der Waals surface area contributed by atoms with Crippen molar-refractivity contribution >= 4 is 34.8 Å². The van der Waals surface area contributed by atoms with Gasteiger partial charge in [0.05, 0.1) is 5.92 Å². The molecule has 1 saturated heterocycles. The third-order valence-corrected chi connectivity index (χ3v) is 5.99. The van der Waals surface area contributed by atoms with Gasteiger partial charge in [0.15, 0.2) is 0 Å². The molecule has 0 aliphatic carbocycles. The molecule has 2 heterocycles. The van der Waals surface area contributed by atoms with Crippen LogP contribution < -0.4 is 15.1 Å². The van der Waals surface area contributed by atoms with Gasteiger partial charge in [0.2, 0.25) is 17.7 Å². The molecule has 156 valence electrons. The normalized spacial score (nSPS) is 18.1. The highest BCUT2D eigenvalue weighted by Crippen LogP contribution is 2.34. The van der Waals surface area contributed by atoms with Crippen molar-refractivity contribution in [1.29, 1.82) is 0 Å². The lowest BCUT2D eigenvalue weighted by Gasteiger charge is -2.20. The second kappa shape index (κ2) is 7.94. The van der Waals surface area contributed by atoms with Gasteiger partial charge >= 0.3 is 0 Å². The summed E-state index contributed by atoms with van der Waals surface area (Å²) in [6.45, 7) is 6.78. The lowest BCUT2D eigenvalue weighted by Crippen LogP contribution is -2.28. The maximum absolute atomic E-state index is 12.9. The largest absolute Gasteiger partial charge is 0.326 e. The highest BCUT2D eigenvalue weighted by molar-refractivity contribution is 6.04. The Labute approximate surface area is 176 Å². The summed E-state index contributed by atoms with van der Waals surface area (Å²) < 4.78 is 0. The SMILES string of the molecule is CC(=O)N1CCc2cc(N3CC(C(=O)Nc4ccccc4C(C)C)CC3=O)ccc21. The van der Waals surface area contributed by atoms with Crippen LogP contribution in [0, 0.1) is 5.92 Å². The zero-order chi connectivity index (χ0) is 21.4. The maximum Gasteiger partial charge on any atom is 0.229 e. The van der Waals surface area contributed by atoms with Crippen molar-refractivity contribution in [3.8, 4) is 0 Å². The third kappa shape index (κ3) is 3.70. The molecular weight excluding hydrogens is 378 g/mol.